The SMILES string of the molecule is O=c1ccc(-c2ncnc3ccccc23)c[nH]1. The summed E-state index contributed by atoms with van der Waals surface area (Å²) in [6.45, 7) is 0. The van der Waals surface area contributed by atoms with Crippen LogP contribution in [-0.4, -0.2) is 15.0 Å². The minimum Gasteiger partial charge on any atom is -0.328 e. The first-order valence-corrected chi connectivity index (χ1v) is 5.23. The molecule has 17 heavy (non-hydrogen) atoms. The summed E-state index contributed by atoms with van der Waals surface area (Å²) in [5.41, 5.74) is 2.48. The molecule has 3 aromatic rings. The highest BCUT2D eigenvalue weighted by Crippen LogP contribution is 2.23. The highest BCUT2D eigenvalue weighted by molar-refractivity contribution is 5.91. The highest BCUT2D eigenvalue weighted by Gasteiger charge is 2.05. The van der Waals surface area contributed by atoms with Gasteiger partial charge in [-0.25, -0.2) is 9.97 Å². The first-order valence-electron chi connectivity index (χ1n) is 5.23. The van der Waals surface area contributed by atoms with Crippen LogP contribution in [0.1, 0.15) is 0 Å². The molecule has 0 bridgehead atoms. The largest absolute Gasteiger partial charge is 0.328 e. The summed E-state index contributed by atoms with van der Waals surface area (Å²) in [6, 6.07) is 11.0. The third-order valence-corrected chi connectivity index (χ3v) is 2.60. The number of hydrogen-bond donors (Lipinski definition) is 1. The van der Waals surface area contributed by atoms with Crippen molar-refractivity contribution in [2.24, 2.45) is 0 Å². The van der Waals surface area contributed by atoms with E-state index < -0.39 is 0 Å². The summed E-state index contributed by atoms with van der Waals surface area (Å²) in [7, 11) is 0. The van der Waals surface area contributed by atoms with Crippen LogP contribution in [0.15, 0.2) is 53.7 Å². The Morgan fingerprint density at radius 2 is 1.88 bits per heavy atom. The number of fused-ring (bicyclic) bond motifs is 1. The average Bonchev–Trinajstić information content (AvgIpc) is 2.39. The maximum Gasteiger partial charge on any atom is 0.247 e. The van der Waals surface area contributed by atoms with Crippen LogP contribution in [0, 0.1) is 0 Å². The fraction of sp³-hybridized carbons (Fsp3) is 0. The highest BCUT2D eigenvalue weighted by atomic mass is 16.1. The second kappa shape index (κ2) is 3.83. The lowest BCUT2D eigenvalue weighted by Gasteiger charge is -2.03. The lowest BCUT2D eigenvalue weighted by atomic mass is 10.1. The number of para-hydroxylation sites is 1. The number of hydrogen-bond acceptors (Lipinski definition) is 3. The van der Waals surface area contributed by atoms with E-state index in [9.17, 15) is 4.79 Å². The minimum absolute atomic E-state index is 0.118. The number of nitrogens with zero attached hydrogens (tertiary/aromatic N) is 2. The summed E-state index contributed by atoms with van der Waals surface area (Å²) in [5, 5.41) is 0.974. The zero-order chi connectivity index (χ0) is 11.7. The number of pyridine rings is 1. The number of rotatable bonds is 1. The molecule has 1 aromatic carbocycles. The smallest absolute Gasteiger partial charge is 0.247 e. The predicted octanol–water partition coefficient (Wildman–Crippen LogP) is 1.99. The molecule has 0 aliphatic carbocycles. The topological polar surface area (TPSA) is 58.6 Å². The minimum atomic E-state index is -0.118. The second-order valence-corrected chi connectivity index (χ2v) is 3.68. The van der Waals surface area contributed by atoms with Crippen LogP contribution < -0.4 is 5.56 Å². The van der Waals surface area contributed by atoms with E-state index in [1.807, 2.05) is 24.3 Å². The van der Waals surface area contributed by atoms with Crippen molar-refractivity contribution < 1.29 is 0 Å². The van der Waals surface area contributed by atoms with E-state index in [4.69, 9.17) is 0 Å². The van der Waals surface area contributed by atoms with Gasteiger partial charge in [0, 0.05) is 23.2 Å². The molecular formula is C13H9N3O. The van der Waals surface area contributed by atoms with Crippen LogP contribution in [0.25, 0.3) is 22.2 Å². The third kappa shape index (κ3) is 1.69. The molecule has 0 atom stereocenters. The van der Waals surface area contributed by atoms with Gasteiger partial charge in [-0.05, 0) is 12.1 Å². The molecule has 0 aliphatic rings. The van der Waals surface area contributed by atoms with Gasteiger partial charge < -0.3 is 4.98 Å². The Balaban J connectivity index is 2.30. The Bertz CT molecular complexity index is 708. The van der Waals surface area contributed by atoms with Crippen LogP contribution >= 0.6 is 0 Å². The molecule has 0 amide bonds. The Hall–Kier alpha value is -2.49. The van der Waals surface area contributed by atoms with E-state index in [2.05, 4.69) is 15.0 Å². The quantitative estimate of drug-likeness (QED) is 0.686. The maximum absolute atomic E-state index is 11.0. The zero-order valence-electron chi connectivity index (χ0n) is 8.92. The first-order chi connectivity index (χ1) is 8.34. The molecule has 3 rings (SSSR count). The third-order valence-electron chi connectivity index (χ3n) is 2.60. The Labute approximate surface area is 97.0 Å². The molecule has 1 N–H and O–H groups in total. The van der Waals surface area contributed by atoms with Crippen LogP contribution in [-0.2, 0) is 0 Å². The van der Waals surface area contributed by atoms with Crippen molar-refractivity contribution in [3.63, 3.8) is 0 Å². The molecule has 0 fully saturated rings. The first kappa shape index (κ1) is 9.72. The summed E-state index contributed by atoms with van der Waals surface area (Å²) in [6.07, 6.45) is 3.19. The Kier molecular flexibility index (Phi) is 2.19. The maximum atomic E-state index is 11.0. The van der Waals surface area contributed by atoms with E-state index in [-0.39, 0.29) is 5.56 Å². The van der Waals surface area contributed by atoms with Gasteiger partial charge in [0.15, 0.2) is 0 Å². The van der Waals surface area contributed by atoms with Crippen LogP contribution in [0.5, 0.6) is 0 Å². The van der Waals surface area contributed by atoms with E-state index in [0.717, 1.165) is 22.2 Å². The molecule has 0 spiro atoms. The summed E-state index contributed by atoms with van der Waals surface area (Å²) >= 11 is 0. The second-order valence-electron chi connectivity index (χ2n) is 3.68. The van der Waals surface area contributed by atoms with Crippen molar-refractivity contribution in [2.45, 2.75) is 0 Å². The van der Waals surface area contributed by atoms with Gasteiger partial charge in [-0.3, -0.25) is 4.79 Å². The van der Waals surface area contributed by atoms with Gasteiger partial charge in [0.25, 0.3) is 0 Å². The van der Waals surface area contributed by atoms with Gasteiger partial charge in [-0.1, -0.05) is 18.2 Å². The van der Waals surface area contributed by atoms with Gasteiger partial charge in [0.2, 0.25) is 5.56 Å². The summed E-state index contributed by atoms with van der Waals surface area (Å²) in [4.78, 5) is 22.2. The van der Waals surface area contributed by atoms with E-state index in [1.54, 1.807) is 12.3 Å². The molecule has 2 aromatic heterocycles. The monoisotopic (exact) mass is 223 g/mol. The molecule has 4 heteroatoms. The van der Waals surface area contributed by atoms with Crippen molar-refractivity contribution >= 4 is 10.9 Å². The van der Waals surface area contributed by atoms with Crippen molar-refractivity contribution in [2.75, 3.05) is 0 Å². The number of H-pyrrole nitrogens is 1. The predicted molar refractivity (Wildman–Crippen MR) is 65.6 cm³/mol. The van der Waals surface area contributed by atoms with Crippen molar-refractivity contribution in [3.8, 4) is 11.3 Å². The van der Waals surface area contributed by atoms with E-state index in [0.29, 0.717) is 0 Å². The molecule has 0 unspecified atom stereocenters. The van der Waals surface area contributed by atoms with Crippen molar-refractivity contribution in [3.05, 3.63) is 59.3 Å². The van der Waals surface area contributed by atoms with Crippen molar-refractivity contribution in [1.82, 2.24) is 15.0 Å². The molecule has 82 valence electrons. The Morgan fingerprint density at radius 3 is 2.71 bits per heavy atom. The van der Waals surface area contributed by atoms with Gasteiger partial charge in [-0.2, -0.15) is 0 Å². The molecule has 0 saturated heterocycles. The zero-order valence-corrected chi connectivity index (χ0v) is 8.92. The lowest BCUT2D eigenvalue weighted by Crippen LogP contribution is -2.02. The number of benzene rings is 1. The number of aromatic nitrogens is 3. The molecule has 0 radical (unpaired) electrons. The molecular weight excluding hydrogens is 214 g/mol. The van der Waals surface area contributed by atoms with Crippen LogP contribution in [0.3, 0.4) is 0 Å². The fourth-order valence-corrected chi connectivity index (χ4v) is 1.79. The van der Waals surface area contributed by atoms with E-state index in [1.165, 1.54) is 12.4 Å². The van der Waals surface area contributed by atoms with Crippen LogP contribution in [0.4, 0.5) is 0 Å². The lowest BCUT2D eigenvalue weighted by molar-refractivity contribution is 1.20. The number of aromatic amines is 1. The Morgan fingerprint density at radius 1 is 1.00 bits per heavy atom. The van der Waals surface area contributed by atoms with Crippen LogP contribution in [0.2, 0.25) is 0 Å². The average molecular weight is 223 g/mol. The summed E-state index contributed by atoms with van der Waals surface area (Å²) < 4.78 is 0. The number of nitrogens with one attached hydrogen (secondary N) is 1. The van der Waals surface area contributed by atoms with E-state index >= 15 is 0 Å². The fourth-order valence-electron chi connectivity index (χ4n) is 1.79. The van der Waals surface area contributed by atoms with Gasteiger partial charge in [0.05, 0.1) is 11.2 Å². The van der Waals surface area contributed by atoms with Gasteiger partial charge >= 0.3 is 0 Å². The normalized spacial score (nSPS) is 10.6. The van der Waals surface area contributed by atoms with Gasteiger partial charge in [0.1, 0.15) is 6.33 Å². The molecule has 0 aliphatic heterocycles. The van der Waals surface area contributed by atoms with Gasteiger partial charge in [-0.15, -0.1) is 0 Å². The van der Waals surface area contributed by atoms with Crippen molar-refractivity contribution in [1.29, 1.82) is 0 Å². The standard InChI is InChI=1S/C13H9N3O/c17-12-6-5-9(7-14-12)13-10-3-1-2-4-11(10)15-8-16-13/h1-8H,(H,14,17). The molecule has 0 saturated carbocycles. The molecule has 4 nitrogen and oxygen atoms in total. The molecule has 2 heterocycles. The summed E-state index contributed by atoms with van der Waals surface area (Å²) in [5.74, 6) is 0.